The zero-order chi connectivity index (χ0) is 16.7. The van der Waals surface area contributed by atoms with Crippen LogP contribution in [-0.2, 0) is 4.79 Å². The second kappa shape index (κ2) is 8.34. The van der Waals surface area contributed by atoms with Crippen LogP contribution in [0.15, 0.2) is 54.1 Å². The van der Waals surface area contributed by atoms with E-state index in [4.69, 9.17) is 4.74 Å². The van der Waals surface area contributed by atoms with Crippen molar-refractivity contribution in [2.24, 2.45) is 0 Å². The van der Waals surface area contributed by atoms with Crippen LogP contribution in [0.1, 0.15) is 12.5 Å². The number of nitrogens with zero attached hydrogens (tertiary/aromatic N) is 1. The van der Waals surface area contributed by atoms with Crippen molar-refractivity contribution in [1.29, 1.82) is 5.26 Å². The summed E-state index contributed by atoms with van der Waals surface area (Å²) < 4.78 is 6.58. The quantitative estimate of drug-likeness (QED) is 0.449. The van der Waals surface area contributed by atoms with Gasteiger partial charge in [0, 0.05) is 14.8 Å². The maximum absolute atomic E-state index is 12.3. The van der Waals surface area contributed by atoms with Gasteiger partial charge in [0.15, 0.2) is 0 Å². The van der Waals surface area contributed by atoms with Crippen LogP contribution in [0.3, 0.4) is 0 Å². The Kier molecular flexibility index (Phi) is 6.18. The van der Waals surface area contributed by atoms with Gasteiger partial charge in [0.25, 0.3) is 5.91 Å². The lowest BCUT2D eigenvalue weighted by atomic mass is 10.1. The number of carbonyl (C=O) groups excluding carboxylic acids is 1. The van der Waals surface area contributed by atoms with Crippen LogP contribution in [-0.4, -0.2) is 12.5 Å². The highest BCUT2D eigenvalue weighted by atomic mass is 127. The molecule has 0 saturated heterocycles. The van der Waals surface area contributed by atoms with Gasteiger partial charge < -0.3 is 10.1 Å². The van der Waals surface area contributed by atoms with Crippen LogP contribution in [0.2, 0.25) is 0 Å². The van der Waals surface area contributed by atoms with E-state index >= 15 is 0 Å². The lowest BCUT2D eigenvalue weighted by Gasteiger charge is -2.08. The minimum atomic E-state index is -0.444. The van der Waals surface area contributed by atoms with E-state index in [1.165, 1.54) is 6.08 Å². The van der Waals surface area contributed by atoms with E-state index in [1.54, 1.807) is 24.3 Å². The number of carbonyl (C=O) groups is 1. The molecule has 0 unspecified atom stereocenters. The summed E-state index contributed by atoms with van der Waals surface area (Å²) in [5.74, 6) is 0.199. The number of hydrogen-bond donors (Lipinski definition) is 1. The molecule has 2 rings (SSSR count). The van der Waals surface area contributed by atoms with Crippen LogP contribution in [0.25, 0.3) is 6.08 Å². The molecule has 0 aromatic heterocycles. The fourth-order valence-corrected chi connectivity index (χ4v) is 2.28. The Morgan fingerprint density at radius 2 is 1.96 bits per heavy atom. The van der Waals surface area contributed by atoms with E-state index in [9.17, 15) is 10.1 Å². The Hall–Kier alpha value is -2.33. The van der Waals surface area contributed by atoms with Crippen molar-refractivity contribution in [2.45, 2.75) is 6.92 Å². The molecule has 0 fully saturated rings. The lowest BCUT2D eigenvalue weighted by Crippen LogP contribution is -2.13. The van der Waals surface area contributed by atoms with Gasteiger partial charge in [-0.15, -0.1) is 0 Å². The number of amides is 1. The zero-order valence-corrected chi connectivity index (χ0v) is 14.7. The predicted molar refractivity (Wildman–Crippen MR) is 99.0 cm³/mol. The molecule has 2 aromatic rings. The molecule has 0 aliphatic heterocycles. The van der Waals surface area contributed by atoms with Gasteiger partial charge in [-0.3, -0.25) is 4.79 Å². The Bertz CT molecular complexity index is 761. The van der Waals surface area contributed by atoms with Gasteiger partial charge >= 0.3 is 0 Å². The molecule has 1 amide bonds. The maximum atomic E-state index is 12.3. The summed E-state index contributed by atoms with van der Waals surface area (Å²) in [5.41, 5.74) is 1.37. The third-order valence-electron chi connectivity index (χ3n) is 2.99. The number of hydrogen-bond acceptors (Lipinski definition) is 3. The number of halogens is 1. The van der Waals surface area contributed by atoms with E-state index in [-0.39, 0.29) is 5.57 Å². The number of rotatable bonds is 5. The van der Waals surface area contributed by atoms with Gasteiger partial charge in [-0.25, -0.2) is 0 Å². The third-order valence-corrected chi connectivity index (χ3v) is 3.71. The van der Waals surface area contributed by atoms with Crippen molar-refractivity contribution in [3.05, 3.63) is 63.2 Å². The number of nitrogens with one attached hydrogen (secondary N) is 1. The number of para-hydroxylation sites is 1. The van der Waals surface area contributed by atoms with Gasteiger partial charge in [0.1, 0.15) is 17.4 Å². The molecular formula is C18H15IN2O2. The first-order chi connectivity index (χ1) is 11.1. The summed E-state index contributed by atoms with van der Waals surface area (Å²) in [6, 6.07) is 16.6. The Morgan fingerprint density at radius 3 is 2.61 bits per heavy atom. The first-order valence-corrected chi connectivity index (χ1v) is 8.12. The van der Waals surface area contributed by atoms with Gasteiger partial charge in [0.2, 0.25) is 0 Å². The maximum Gasteiger partial charge on any atom is 0.266 e. The molecule has 2 aromatic carbocycles. The van der Waals surface area contributed by atoms with Gasteiger partial charge in [-0.2, -0.15) is 5.26 Å². The molecule has 0 spiro atoms. The number of ether oxygens (including phenoxy) is 1. The van der Waals surface area contributed by atoms with E-state index < -0.39 is 5.91 Å². The van der Waals surface area contributed by atoms with Gasteiger partial charge in [-0.05, 0) is 65.9 Å². The summed E-state index contributed by atoms with van der Waals surface area (Å²) in [4.78, 5) is 12.3. The smallest absolute Gasteiger partial charge is 0.266 e. The molecule has 0 aliphatic carbocycles. The molecule has 4 nitrogen and oxygen atoms in total. The molecule has 5 heteroatoms. The highest BCUT2D eigenvalue weighted by Gasteiger charge is 2.11. The van der Waals surface area contributed by atoms with Crippen LogP contribution in [0.5, 0.6) is 5.75 Å². The summed E-state index contributed by atoms with van der Waals surface area (Å²) in [7, 11) is 0. The Balaban J connectivity index is 2.23. The molecule has 116 valence electrons. The summed E-state index contributed by atoms with van der Waals surface area (Å²) in [6.45, 7) is 2.40. The number of benzene rings is 2. The monoisotopic (exact) mass is 418 g/mol. The van der Waals surface area contributed by atoms with Crippen molar-refractivity contribution >= 4 is 40.3 Å². The van der Waals surface area contributed by atoms with E-state index in [0.717, 1.165) is 3.57 Å². The van der Waals surface area contributed by atoms with Crippen LogP contribution < -0.4 is 10.1 Å². The van der Waals surface area contributed by atoms with E-state index in [2.05, 4.69) is 27.9 Å². The highest BCUT2D eigenvalue weighted by molar-refractivity contribution is 14.1. The largest absolute Gasteiger partial charge is 0.493 e. The average Bonchev–Trinajstić information content (AvgIpc) is 2.56. The van der Waals surface area contributed by atoms with E-state index in [0.29, 0.717) is 23.6 Å². The molecule has 0 saturated carbocycles. The Labute approximate surface area is 148 Å². The van der Waals surface area contributed by atoms with Crippen molar-refractivity contribution in [3.63, 3.8) is 0 Å². The molecule has 1 N–H and O–H groups in total. The topological polar surface area (TPSA) is 62.1 Å². The number of anilines is 1. The van der Waals surface area contributed by atoms with Crippen molar-refractivity contribution < 1.29 is 9.53 Å². The second-order valence-electron chi connectivity index (χ2n) is 4.60. The highest BCUT2D eigenvalue weighted by Crippen LogP contribution is 2.21. The number of nitriles is 1. The van der Waals surface area contributed by atoms with Crippen LogP contribution in [0, 0.1) is 14.9 Å². The summed E-state index contributed by atoms with van der Waals surface area (Å²) in [6.07, 6.45) is 1.53. The van der Waals surface area contributed by atoms with Crippen molar-refractivity contribution in [3.8, 4) is 11.8 Å². The zero-order valence-electron chi connectivity index (χ0n) is 12.5. The fraction of sp³-hybridized carbons (Fsp3) is 0.111. The van der Waals surface area contributed by atoms with Crippen LogP contribution >= 0.6 is 22.6 Å². The van der Waals surface area contributed by atoms with Crippen molar-refractivity contribution in [1.82, 2.24) is 0 Å². The first-order valence-electron chi connectivity index (χ1n) is 7.04. The Morgan fingerprint density at radius 1 is 1.26 bits per heavy atom. The molecule has 0 atom stereocenters. The SMILES string of the molecule is CCOc1ccccc1/C=C(\C#N)C(=O)Nc1ccc(I)cc1. The third kappa shape index (κ3) is 4.83. The summed E-state index contributed by atoms with van der Waals surface area (Å²) >= 11 is 2.19. The van der Waals surface area contributed by atoms with Crippen molar-refractivity contribution in [2.75, 3.05) is 11.9 Å². The molecular weight excluding hydrogens is 403 g/mol. The van der Waals surface area contributed by atoms with Crippen LogP contribution in [0.4, 0.5) is 5.69 Å². The molecule has 0 radical (unpaired) electrons. The van der Waals surface area contributed by atoms with E-state index in [1.807, 2.05) is 37.3 Å². The molecule has 0 aliphatic rings. The average molecular weight is 418 g/mol. The summed E-state index contributed by atoms with van der Waals surface area (Å²) in [5, 5.41) is 12.0. The predicted octanol–water partition coefficient (Wildman–Crippen LogP) is 4.24. The minimum Gasteiger partial charge on any atom is -0.493 e. The molecule has 0 bridgehead atoms. The van der Waals surface area contributed by atoms with Gasteiger partial charge in [0.05, 0.1) is 6.61 Å². The minimum absolute atomic E-state index is 0.0238. The normalized spacial score (nSPS) is 10.7. The van der Waals surface area contributed by atoms with Gasteiger partial charge in [-0.1, -0.05) is 18.2 Å². The lowest BCUT2D eigenvalue weighted by molar-refractivity contribution is -0.112. The second-order valence-corrected chi connectivity index (χ2v) is 5.85. The standard InChI is InChI=1S/C18H15IN2O2/c1-2-23-17-6-4-3-5-13(17)11-14(12-20)18(22)21-16-9-7-15(19)8-10-16/h3-11H,2H2,1H3,(H,21,22)/b14-11+. The molecule has 0 heterocycles. The fourth-order valence-electron chi connectivity index (χ4n) is 1.92. The molecule has 23 heavy (non-hydrogen) atoms. The first kappa shape index (κ1) is 17.0.